The van der Waals surface area contributed by atoms with Crippen molar-refractivity contribution in [1.29, 1.82) is 0 Å². The summed E-state index contributed by atoms with van der Waals surface area (Å²) in [4.78, 5) is 0. The lowest BCUT2D eigenvalue weighted by Crippen LogP contribution is -2.08. The van der Waals surface area contributed by atoms with Crippen LogP contribution in [0, 0.1) is 20.8 Å². The number of anilines is 1. The van der Waals surface area contributed by atoms with Gasteiger partial charge in [-0.25, -0.2) is 0 Å². The van der Waals surface area contributed by atoms with Crippen LogP contribution in [0.15, 0.2) is 18.2 Å². The first-order valence-electron chi connectivity index (χ1n) is 8.56. The lowest BCUT2D eigenvalue weighted by Gasteiger charge is -2.19. The molecule has 0 radical (unpaired) electrons. The molecule has 1 unspecified atom stereocenters. The molecule has 0 fully saturated rings. The van der Waals surface area contributed by atoms with Crippen molar-refractivity contribution < 1.29 is 9.47 Å². The molecule has 1 atom stereocenters. The van der Waals surface area contributed by atoms with Crippen molar-refractivity contribution >= 4 is 5.69 Å². The van der Waals surface area contributed by atoms with Crippen molar-refractivity contribution in [2.24, 2.45) is 0 Å². The molecule has 0 bridgehead atoms. The number of fused-ring (bicyclic) bond motifs is 1. The fraction of sp³-hybridized carbons (Fsp3) is 0.429. The Morgan fingerprint density at radius 3 is 2.46 bits per heavy atom. The second-order valence-corrected chi connectivity index (χ2v) is 7.05. The fourth-order valence-corrected chi connectivity index (χ4v) is 3.65. The highest BCUT2D eigenvalue weighted by Crippen LogP contribution is 2.47. The van der Waals surface area contributed by atoms with E-state index in [0.717, 1.165) is 33.9 Å². The molecule has 3 heteroatoms. The van der Waals surface area contributed by atoms with Gasteiger partial charge in [0.1, 0.15) is 11.5 Å². The number of benzene rings is 2. The molecule has 0 saturated heterocycles. The first kappa shape index (κ1) is 16.7. The molecule has 2 aromatic carbocycles. The lowest BCUT2D eigenvalue weighted by atomic mass is 9.85. The van der Waals surface area contributed by atoms with Gasteiger partial charge in [-0.3, -0.25) is 0 Å². The van der Waals surface area contributed by atoms with Crippen LogP contribution in [0.25, 0.3) is 0 Å². The molecule has 0 saturated carbocycles. The fourth-order valence-electron chi connectivity index (χ4n) is 3.65. The number of hydrogen-bond donors (Lipinski definition) is 1. The van der Waals surface area contributed by atoms with Gasteiger partial charge in [0.15, 0.2) is 0 Å². The second-order valence-electron chi connectivity index (χ2n) is 7.05. The molecule has 128 valence electrons. The summed E-state index contributed by atoms with van der Waals surface area (Å²) in [7, 11) is 1.74. The lowest BCUT2D eigenvalue weighted by molar-refractivity contribution is 0.336. The molecule has 1 aliphatic heterocycles. The van der Waals surface area contributed by atoms with Crippen molar-refractivity contribution in [1.82, 2.24) is 0 Å². The Bertz CT molecular complexity index is 793. The largest absolute Gasteiger partial charge is 0.496 e. The van der Waals surface area contributed by atoms with Crippen LogP contribution < -0.4 is 15.2 Å². The summed E-state index contributed by atoms with van der Waals surface area (Å²) in [6.45, 7) is 11.3. The van der Waals surface area contributed by atoms with E-state index in [-0.39, 0.29) is 5.92 Å². The summed E-state index contributed by atoms with van der Waals surface area (Å²) in [6.07, 6.45) is 0. The summed E-state index contributed by atoms with van der Waals surface area (Å²) in [5.74, 6) is 2.57. The normalized spacial score (nSPS) is 16.2. The smallest absolute Gasteiger partial charge is 0.126 e. The zero-order valence-electron chi connectivity index (χ0n) is 15.5. The van der Waals surface area contributed by atoms with E-state index in [1.54, 1.807) is 7.11 Å². The maximum Gasteiger partial charge on any atom is 0.126 e. The topological polar surface area (TPSA) is 44.5 Å². The van der Waals surface area contributed by atoms with Crippen LogP contribution >= 0.6 is 0 Å². The predicted octanol–water partition coefficient (Wildman–Crippen LogP) is 4.85. The summed E-state index contributed by atoms with van der Waals surface area (Å²) in [5.41, 5.74) is 14.3. The molecule has 1 aliphatic rings. The number of ether oxygens (including phenoxy) is 2. The summed E-state index contributed by atoms with van der Waals surface area (Å²) in [6, 6.07) is 6.53. The highest BCUT2D eigenvalue weighted by atomic mass is 16.5. The van der Waals surface area contributed by atoms with Gasteiger partial charge in [-0.2, -0.15) is 0 Å². The number of nitrogen functional groups attached to an aromatic ring is 1. The van der Waals surface area contributed by atoms with Gasteiger partial charge in [-0.1, -0.05) is 26.0 Å². The Morgan fingerprint density at radius 1 is 1.12 bits per heavy atom. The van der Waals surface area contributed by atoms with E-state index >= 15 is 0 Å². The maximum atomic E-state index is 6.34. The molecule has 3 rings (SSSR count). The number of methoxy groups -OCH3 is 1. The second kappa shape index (κ2) is 6.04. The van der Waals surface area contributed by atoms with Crippen molar-refractivity contribution in [2.45, 2.75) is 46.5 Å². The van der Waals surface area contributed by atoms with Gasteiger partial charge in [0.2, 0.25) is 0 Å². The zero-order chi connectivity index (χ0) is 17.6. The molecule has 2 N–H and O–H groups in total. The Morgan fingerprint density at radius 2 is 1.83 bits per heavy atom. The van der Waals surface area contributed by atoms with E-state index < -0.39 is 0 Å². The summed E-state index contributed by atoms with van der Waals surface area (Å²) >= 11 is 0. The van der Waals surface area contributed by atoms with E-state index in [2.05, 4.69) is 52.8 Å². The SMILES string of the molecule is COc1cc(C(C)C)ccc1C1COc2c(C)c(C)c(N)c(C)c21. The van der Waals surface area contributed by atoms with Gasteiger partial charge in [-0.15, -0.1) is 0 Å². The van der Waals surface area contributed by atoms with Crippen LogP contribution in [0.5, 0.6) is 11.5 Å². The van der Waals surface area contributed by atoms with Crippen molar-refractivity contribution in [3.05, 3.63) is 51.6 Å². The van der Waals surface area contributed by atoms with Crippen LogP contribution in [-0.2, 0) is 0 Å². The van der Waals surface area contributed by atoms with E-state index in [4.69, 9.17) is 15.2 Å². The maximum absolute atomic E-state index is 6.34. The first-order valence-corrected chi connectivity index (χ1v) is 8.56. The van der Waals surface area contributed by atoms with E-state index in [9.17, 15) is 0 Å². The number of nitrogens with two attached hydrogens (primary N) is 1. The molecule has 0 amide bonds. The minimum Gasteiger partial charge on any atom is -0.496 e. The summed E-state index contributed by atoms with van der Waals surface area (Å²) in [5, 5.41) is 0. The standard InChI is InChI=1S/C21H27NO2/c1-11(2)15-7-8-16(18(9-15)23-6)17-10-24-21-13(4)12(3)20(22)14(5)19(17)21/h7-9,11,17H,10,22H2,1-6H3. The van der Waals surface area contributed by atoms with Gasteiger partial charge in [0.05, 0.1) is 19.6 Å². The average molecular weight is 325 g/mol. The van der Waals surface area contributed by atoms with Crippen LogP contribution in [0.3, 0.4) is 0 Å². The number of rotatable bonds is 3. The van der Waals surface area contributed by atoms with Gasteiger partial charge in [0.25, 0.3) is 0 Å². The molecule has 3 nitrogen and oxygen atoms in total. The van der Waals surface area contributed by atoms with Gasteiger partial charge >= 0.3 is 0 Å². The Hall–Kier alpha value is -2.16. The third-order valence-electron chi connectivity index (χ3n) is 5.40. The minimum absolute atomic E-state index is 0.165. The van der Waals surface area contributed by atoms with E-state index in [1.807, 2.05) is 0 Å². The van der Waals surface area contributed by atoms with Crippen molar-refractivity contribution in [3.8, 4) is 11.5 Å². The van der Waals surface area contributed by atoms with Crippen LogP contribution in [0.4, 0.5) is 5.69 Å². The Balaban J connectivity index is 2.16. The van der Waals surface area contributed by atoms with Gasteiger partial charge in [-0.05, 0) is 55.0 Å². The van der Waals surface area contributed by atoms with Crippen LogP contribution in [-0.4, -0.2) is 13.7 Å². The molecule has 1 heterocycles. The number of hydrogen-bond acceptors (Lipinski definition) is 3. The highest BCUT2D eigenvalue weighted by molar-refractivity contribution is 5.68. The summed E-state index contributed by atoms with van der Waals surface area (Å²) < 4.78 is 11.8. The molecule has 0 aromatic heterocycles. The first-order chi connectivity index (χ1) is 11.4. The van der Waals surface area contributed by atoms with Gasteiger partial charge < -0.3 is 15.2 Å². The van der Waals surface area contributed by atoms with E-state index in [0.29, 0.717) is 12.5 Å². The van der Waals surface area contributed by atoms with Crippen LogP contribution in [0.2, 0.25) is 0 Å². The van der Waals surface area contributed by atoms with Crippen molar-refractivity contribution in [2.75, 3.05) is 19.5 Å². The Labute approximate surface area is 144 Å². The third-order valence-corrected chi connectivity index (χ3v) is 5.40. The molecule has 0 spiro atoms. The molecule has 24 heavy (non-hydrogen) atoms. The minimum atomic E-state index is 0.165. The zero-order valence-corrected chi connectivity index (χ0v) is 15.5. The average Bonchev–Trinajstić information content (AvgIpc) is 3.02. The third kappa shape index (κ3) is 2.43. The molecule has 2 aromatic rings. The van der Waals surface area contributed by atoms with Crippen LogP contribution in [0.1, 0.15) is 59.1 Å². The highest BCUT2D eigenvalue weighted by Gasteiger charge is 2.33. The molecular weight excluding hydrogens is 298 g/mol. The molecular formula is C21H27NO2. The van der Waals surface area contributed by atoms with Gasteiger partial charge in [0, 0.05) is 16.8 Å². The van der Waals surface area contributed by atoms with E-state index in [1.165, 1.54) is 16.7 Å². The Kier molecular flexibility index (Phi) is 4.20. The van der Waals surface area contributed by atoms with Crippen molar-refractivity contribution in [3.63, 3.8) is 0 Å². The molecule has 0 aliphatic carbocycles. The predicted molar refractivity (Wildman–Crippen MR) is 99.5 cm³/mol. The quantitative estimate of drug-likeness (QED) is 0.820. The monoisotopic (exact) mass is 325 g/mol.